The zero-order chi connectivity index (χ0) is 19.9. The quantitative estimate of drug-likeness (QED) is 0.561. The summed E-state index contributed by atoms with van der Waals surface area (Å²) in [5.41, 5.74) is 2.69. The number of carboxylic acid groups (broad SMARTS) is 1. The van der Waals surface area contributed by atoms with Gasteiger partial charge >= 0.3 is 11.6 Å². The lowest BCUT2D eigenvalue weighted by Gasteiger charge is -2.15. The number of Topliss-reactive ketones (excluding diaryl/α,β-unsaturated/α-hetero) is 1. The second kappa shape index (κ2) is 6.79. The Morgan fingerprint density at radius 1 is 1.00 bits per heavy atom. The number of hydrogen-bond acceptors (Lipinski definition) is 5. The Morgan fingerprint density at radius 3 is 2.22 bits per heavy atom. The first-order valence-electron chi connectivity index (χ1n) is 8.45. The van der Waals surface area contributed by atoms with E-state index >= 15 is 0 Å². The number of ketones is 1. The van der Waals surface area contributed by atoms with Crippen LogP contribution in [0.3, 0.4) is 0 Å². The first-order valence-corrected chi connectivity index (χ1v) is 8.45. The van der Waals surface area contributed by atoms with Crippen LogP contribution in [0.5, 0.6) is 0 Å². The Kier molecular flexibility index (Phi) is 4.66. The van der Waals surface area contributed by atoms with Gasteiger partial charge in [-0.15, -0.1) is 0 Å². The maximum Gasteiger partial charge on any atom is 0.359 e. The minimum Gasteiger partial charge on any atom is -0.480 e. The molecule has 0 aliphatic rings. The molecule has 0 saturated carbocycles. The maximum absolute atomic E-state index is 13.1. The van der Waals surface area contributed by atoms with Crippen LogP contribution in [0.1, 0.15) is 44.2 Å². The highest BCUT2D eigenvalue weighted by atomic mass is 16.4. The Hall–Kier alpha value is -3.28. The molecule has 0 amide bonds. The van der Waals surface area contributed by atoms with Gasteiger partial charge in [0.05, 0.1) is 0 Å². The lowest BCUT2D eigenvalue weighted by atomic mass is 9.88. The summed E-state index contributed by atoms with van der Waals surface area (Å²) >= 11 is 0. The van der Waals surface area contributed by atoms with Crippen LogP contribution in [0.15, 0.2) is 39.5 Å². The summed E-state index contributed by atoms with van der Waals surface area (Å²) in [5, 5.41) is 9.70. The third-order valence-electron chi connectivity index (χ3n) is 4.47. The van der Waals surface area contributed by atoms with Gasteiger partial charge in [-0.1, -0.05) is 23.8 Å². The van der Waals surface area contributed by atoms with Crippen molar-refractivity contribution < 1.29 is 19.1 Å². The minimum absolute atomic E-state index is 0.244. The number of aliphatic carboxylic acids is 1. The Balaban J connectivity index is 2.21. The van der Waals surface area contributed by atoms with Crippen molar-refractivity contribution in [2.75, 3.05) is 0 Å². The van der Waals surface area contributed by atoms with Crippen molar-refractivity contribution in [1.82, 2.24) is 4.98 Å². The summed E-state index contributed by atoms with van der Waals surface area (Å²) in [5.74, 6) is -3.85. The molecule has 3 aromatic rings. The van der Waals surface area contributed by atoms with Gasteiger partial charge in [-0.2, -0.15) is 0 Å². The monoisotopic (exact) mass is 365 g/mol. The standard InChI is InChI=1S/C21H19NO5/c1-10-5-6-15-14(9-10)22-18(21(26)27-15)17(20(24)25)19(23)16-12(3)7-11(2)8-13(16)4/h5-9,17H,1-4H3,(H,24,25). The van der Waals surface area contributed by atoms with Crippen LogP contribution in [0.4, 0.5) is 0 Å². The van der Waals surface area contributed by atoms with E-state index < -0.39 is 29.0 Å². The summed E-state index contributed by atoms with van der Waals surface area (Å²) in [6, 6.07) is 8.63. The van der Waals surface area contributed by atoms with Crippen LogP contribution < -0.4 is 5.63 Å². The van der Waals surface area contributed by atoms with Crippen LogP contribution in [-0.4, -0.2) is 21.8 Å². The molecule has 0 saturated heterocycles. The van der Waals surface area contributed by atoms with Crippen molar-refractivity contribution in [3.05, 3.63) is 74.3 Å². The second-order valence-electron chi connectivity index (χ2n) is 6.77. The average Bonchev–Trinajstić information content (AvgIpc) is 2.54. The molecule has 0 fully saturated rings. The van der Waals surface area contributed by atoms with Gasteiger partial charge < -0.3 is 9.52 Å². The average molecular weight is 365 g/mol. The van der Waals surface area contributed by atoms with Gasteiger partial charge in [-0.3, -0.25) is 9.59 Å². The number of carbonyl (C=O) groups is 2. The van der Waals surface area contributed by atoms with Crippen LogP contribution in [0, 0.1) is 27.7 Å². The number of carbonyl (C=O) groups excluding carboxylic acids is 1. The van der Waals surface area contributed by atoms with Crippen molar-refractivity contribution in [2.24, 2.45) is 0 Å². The highest BCUT2D eigenvalue weighted by molar-refractivity contribution is 6.13. The summed E-state index contributed by atoms with van der Waals surface area (Å²) in [6.45, 7) is 7.22. The van der Waals surface area contributed by atoms with Crippen LogP contribution >= 0.6 is 0 Å². The molecule has 1 heterocycles. The number of aryl methyl sites for hydroxylation is 4. The molecule has 2 aromatic carbocycles. The van der Waals surface area contributed by atoms with Gasteiger partial charge in [0.25, 0.3) is 0 Å². The number of rotatable bonds is 4. The Bertz CT molecular complexity index is 1120. The minimum atomic E-state index is -1.73. The van der Waals surface area contributed by atoms with Gasteiger partial charge in [0.2, 0.25) is 0 Å². The van der Waals surface area contributed by atoms with Crippen molar-refractivity contribution in [2.45, 2.75) is 33.6 Å². The first kappa shape index (κ1) is 18.5. The van der Waals surface area contributed by atoms with Crippen molar-refractivity contribution >= 4 is 22.9 Å². The van der Waals surface area contributed by atoms with E-state index in [9.17, 15) is 19.5 Å². The molecule has 0 aliphatic heterocycles. The number of fused-ring (bicyclic) bond motifs is 1. The molecule has 0 spiro atoms. The molecular weight excluding hydrogens is 346 g/mol. The molecule has 6 heteroatoms. The fourth-order valence-corrected chi connectivity index (χ4v) is 3.38. The third-order valence-corrected chi connectivity index (χ3v) is 4.47. The number of carboxylic acids is 1. The predicted molar refractivity (Wildman–Crippen MR) is 100 cm³/mol. The fraction of sp³-hybridized carbons (Fsp3) is 0.238. The van der Waals surface area contributed by atoms with E-state index in [2.05, 4.69) is 4.98 Å². The fourth-order valence-electron chi connectivity index (χ4n) is 3.38. The van der Waals surface area contributed by atoms with Gasteiger partial charge in [-0.05, 0) is 56.5 Å². The normalized spacial score (nSPS) is 12.1. The molecule has 1 aromatic heterocycles. The molecule has 0 aliphatic carbocycles. The predicted octanol–water partition coefficient (Wildman–Crippen LogP) is 3.47. The third kappa shape index (κ3) is 3.38. The van der Waals surface area contributed by atoms with Gasteiger partial charge in [0, 0.05) is 5.56 Å². The molecule has 1 unspecified atom stereocenters. The molecule has 1 atom stereocenters. The molecule has 6 nitrogen and oxygen atoms in total. The molecule has 138 valence electrons. The van der Waals surface area contributed by atoms with Crippen LogP contribution in [0.2, 0.25) is 0 Å². The van der Waals surface area contributed by atoms with E-state index in [1.54, 1.807) is 44.2 Å². The van der Waals surface area contributed by atoms with Crippen molar-refractivity contribution in [3.63, 3.8) is 0 Å². The maximum atomic E-state index is 13.1. The SMILES string of the molecule is Cc1cc(C)c(C(=O)C(C(=O)O)c2nc3cc(C)ccc3oc2=O)c(C)c1. The van der Waals surface area contributed by atoms with Crippen LogP contribution in [-0.2, 0) is 4.79 Å². The molecule has 0 bridgehead atoms. The van der Waals surface area contributed by atoms with E-state index in [0.29, 0.717) is 22.2 Å². The second-order valence-corrected chi connectivity index (χ2v) is 6.77. The lowest BCUT2D eigenvalue weighted by Crippen LogP contribution is -2.29. The van der Waals surface area contributed by atoms with Gasteiger partial charge in [-0.25, -0.2) is 9.78 Å². The van der Waals surface area contributed by atoms with Crippen molar-refractivity contribution in [1.29, 1.82) is 0 Å². The van der Waals surface area contributed by atoms with Gasteiger partial charge in [0.15, 0.2) is 17.3 Å². The smallest absolute Gasteiger partial charge is 0.359 e. The van der Waals surface area contributed by atoms with Crippen LogP contribution in [0.25, 0.3) is 11.1 Å². The first-order chi connectivity index (χ1) is 12.7. The van der Waals surface area contributed by atoms with E-state index in [0.717, 1.165) is 11.1 Å². The topological polar surface area (TPSA) is 97.5 Å². The molecule has 1 N–H and O–H groups in total. The summed E-state index contributed by atoms with van der Waals surface area (Å²) in [6.07, 6.45) is 0. The highest BCUT2D eigenvalue weighted by Crippen LogP contribution is 2.25. The molecule has 27 heavy (non-hydrogen) atoms. The van der Waals surface area contributed by atoms with Crippen molar-refractivity contribution in [3.8, 4) is 0 Å². The number of hydrogen-bond donors (Lipinski definition) is 1. The summed E-state index contributed by atoms with van der Waals surface area (Å²) in [4.78, 5) is 41.6. The van der Waals surface area contributed by atoms with E-state index in [1.165, 1.54) is 0 Å². The molecule has 3 rings (SSSR count). The van der Waals surface area contributed by atoms with E-state index in [-0.39, 0.29) is 5.58 Å². The lowest BCUT2D eigenvalue weighted by molar-refractivity contribution is -0.137. The zero-order valence-electron chi connectivity index (χ0n) is 15.5. The Morgan fingerprint density at radius 2 is 1.63 bits per heavy atom. The molecule has 0 radical (unpaired) electrons. The Labute approximate surface area is 155 Å². The number of nitrogens with zero attached hydrogens (tertiary/aromatic N) is 1. The summed E-state index contributed by atoms with van der Waals surface area (Å²) in [7, 11) is 0. The number of benzene rings is 2. The van der Waals surface area contributed by atoms with E-state index in [1.807, 2.05) is 13.8 Å². The van der Waals surface area contributed by atoms with E-state index in [4.69, 9.17) is 4.42 Å². The number of aromatic nitrogens is 1. The zero-order valence-corrected chi connectivity index (χ0v) is 15.5. The highest BCUT2D eigenvalue weighted by Gasteiger charge is 2.35. The summed E-state index contributed by atoms with van der Waals surface area (Å²) < 4.78 is 5.21. The van der Waals surface area contributed by atoms with Gasteiger partial charge in [0.1, 0.15) is 11.2 Å². The molecular formula is C21H19NO5. The largest absolute Gasteiger partial charge is 0.480 e.